The van der Waals surface area contributed by atoms with E-state index in [2.05, 4.69) is 22.4 Å². The van der Waals surface area contributed by atoms with Crippen LogP contribution in [-0.2, 0) is 6.54 Å². The fourth-order valence-electron chi connectivity index (χ4n) is 1.73. The Hall–Kier alpha value is -0.380. The number of piperidine rings is 1. The second-order valence-electron chi connectivity index (χ2n) is 3.69. The molecule has 1 aromatic rings. The second-order valence-corrected chi connectivity index (χ2v) is 4.73. The standard InChI is InChI=1S/C10H16N2S.CH4/c11-9-3-5-12(6-4-9)8-10-2-1-7-13-10;/h1-2,7,9H,3-6,8,11H2;1H4. The summed E-state index contributed by atoms with van der Waals surface area (Å²) in [6, 6.07) is 4.77. The highest BCUT2D eigenvalue weighted by Crippen LogP contribution is 2.15. The van der Waals surface area contributed by atoms with E-state index in [1.165, 1.54) is 18.0 Å². The molecule has 2 rings (SSSR count). The predicted octanol–water partition coefficient (Wildman–Crippen LogP) is 2.31. The van der Waals surface area contributed by atoms with E-state index < -0.39 is 0 Å². The third-order valence-corrected chi connectivity index (χ3v) is 3.45. The van der Waals surface area contributed by atoms with E-state index in [1.54, 1.807) is 0 Å². The third kappa shape index (κ3) is 3.08. The summed E-state index contributed by atoms with van der Waals surface area (Å²) in [4.78, 5) is 3.96. The van der Waals surface area contributed by atoms with Gasteiger partial charge in [-0.15, -0.1) is 11.3 Å². The van der Waals surface area contributed by atoms with Gasteiger partial charge in [-0.3, -0.25) is 4.90 Å². The summed E-state index contributed by atoms with van der Waals surface area (Å²) >= 11 is 1.84. The van der Waals surface area contributed by atoms with Crippen molar-refractivity contribution in [1.29, 1.82) is 0 Å². The highest BCUT2D eigenvalue weighted by atomic mass is 32.1. The van der Waals surface area contributed by atoms with Crippen LogP contribution in [-0.4, -0.2) is 24.0 Å². The molecule has 0 amide bonds. The van der Waals surface area contributed by atoms with E-state index in [4.69, 9.17) is 5.73 Å². The first-order valence-electron chi connectivity index (χ1n) is 4.85. The Kier molecular flexibility index (Phi) is 4.58. The van der Waals surface area contributed by atoms with Gasteiger partial charge in [0.2, 0.25) is 0 Å². The normalized spacial score (nSPS) is 19.2. The van der Waals surface area contributed by atoms with Gasteiger partial charge in [0.25, 0.3) is 0 Å². The average Bonchev–Trinajstić information content (AvgIpc) is 2.62. The van der Waals surface area contributed by atoms with Crippen molar-refractivity contribution in [3.63, 3.8) is 0 Å². The number of hydrogen-bond acceptors (Lipinski definition) is 3. The van der Waals surface area contributed by atoms with Crippen molar-refractivity contribution in [2.75, 3.05) is 13.1 Å². The third-order valence-electron chi connectivity index (χ3n) is 2.59. The van der Waals surface area contributed by atoms with Gasteiger partial charge in [0.05, 0.1) is 0 Å². The average molecular weight is 212 g/mol. The van der Waals surface area contributed by atoms with Gasteiger partial charge in [-0.1, -0.05) is 13.5 Å². The Morgan fingerprint density at radius 2 is 2.14 bits per heavy atom. The maximum Gasteiger partial charge on any atom is 0.0327 e. The fraction of sp³-hybridized carbons (Fsp3) is 0.636. The zero-order valence-electron chi connectivity index (χ0n) is 7.78. The van der Waals surface area contributed by atoms with Gasteiger partial charge in [0, 0.05) is 17.5 Å². The van der Waals surface area contributed by atoms with Gasteiger partial charge in [0.1, 0.15) is 0 Å². The summed E-state index contributed by atoms with van der Waals surface area (Å²) in [5.74, 6) is 0. The van der Waals surface area contributed by atoms with Crippen molar-refractivity contribution in [1.82, 2.24) is 4.90 Å². The molecule has 1 aromatic heterocycles. The number of thiophene rings is 1. The summed E-state index contributed by atoms with van der Waals surface area (Å²) in [6.45, 7) is 3.45. The van der Waals surface area contributed by atoms with E-state index >= 15 is 0 Å². The predicted molar refractivity (Wildman–Crippen MR) is 63.5 cm³/mol. The minimum Gasteiger partial charge on any atom is -0.328 e. The van der Waals surface area contributed by atoms with Crippen molar-refractivity contribution < 1.29 is 0 Å². The lowest BCUT2D eigenvalue weighted by atomic mass is 10.1. The molecule has 80 valence electrons. The molecule has 1 fully saturated rings. The number of nitrogens with two attached hydrogens (primary N) is 1. The Bertz CT molecular complexity index is 238. The molecule has 0 unspecified atom stereocenters. The Morgan fingerprint density at radius 1 is 1.43 bits per heavy atom. The van der Waals surface area contributed by atoms with Gasteiger partial charge in [-0.05, 0) is 37.4 Å². The largest absolute Gasteiger partial charge is 0.328 e. The molecule has 0 atom stereocenters. The van der Waals surface area contributed by atoms with E-state index in [0.717, 1.165) is 19.4 Å². The first kappa shape index (κ1) is 11.7. The molecule has 0 aliphatic carbocycles. The highest BCUT2D eigenvalue weighted by molar-refractivity contribution is 7.09. The number of rotatable bonds is 2. The minimum absolute atomic E-state index is 0. The molecule has 3 heteroatoms. The Morgan fingerprint density at radius 3 is 2.71 bits per heavy atom. The van der Waals surface area contributed by atoms with Crippen LogP contribution < -0.4 is 5.73 Å². The quantitative estimate of drug-likeness (QED) is 0.815. The lowest BCUT2D eigenvalue weighted by Gasteiger charge is -2.29. The smallest absolute Gasteiger partial charge is 0.0327 e. The van der Waals surface area contributed by atoms with Crippen LogP contribution in [0.1, 0.15) is 25.1 Å². The SMILES string of the molecule is C.NC1CCN(Cc2cccs2)CC1. The van der Waals surface area contributed by atoms with E-state index in [1.807, 2.05) is 11.3 Å². The van der Waals surface area contributed by atoms with Crippen molar-refractivity contribution in [3.05, 3.63) is 22.4 Å². The van der Waals surface area contributed by atoms with Gasteiger partial charge in [-0.2, -0.15) is 0 Å². The molecular formula is C11H20N2S. The number of hydrogen-bond donors (Lipinski definition) is 1. The summed E-state index contributed by atoms with van der Waals surface area (Å²) in [6.07, 6.45) is 2.32. The van der Waals surface area contributed by atoms with E-state index in [-0.39, 0.29) is 7.43 Å². The molecule has 1 aliphatic heterocycles. The molecule has 1 saturated heterocycles. The molecule has 1 aliphatic rings. The van der Waals surface area contributed by atoms with Gasteiger partial charge in [0.15, 0.2) is 0 Å². The van der Waals surface area contributed by atoms with Crippen LogP contribution in [0, 0.1) is 0 Å². The first-order chi connectivity index (χ1) is 6.34. The summed E-state index contributed by atoms with van der Waals surface area (Å²) in [5.41, 5.74) is 5.85. The van der Waals surface area contributed by atoms with Crippen LogP contribution >= 0.6 is 11.3 Å². The van der Waals surface area contributed by atoms with E-state index in [9.17, 15) is 0 Å². The van der Waals surface area contributed by atoms with Gasteiger partial charge in [-0.25, -0.2) is 0 Å². The van der Waals surface area contributed by atoms with Gasteiger partial charge >= 0.3 is 0 Å². The first-order valence-corrected chi connectivity index (χ1v) is 5.73. The monoisotopic (exact) mass is 212 g/mol. The molecular weight excluding hydrogens is 192 g/mol. The molecule has 2 heterocycles. The fourth-order valence-corrected chi connectivity index (χ4v) is 2.48. The van der Waals surface area contributed by atoms with Crippen molar-refractivity contribution in [2.24, 2.45) is 5.73 Å². The molecule has 0 bridgehead atoms. The maximum absolute atomic E-state index is 5.85. The minimum atomic E-state index is 0. The zero-order chi connectivity index (χ0) is 9.10. The molecule has 14 heavy (non-hydrogen) atoms. The van der Waals surface area contributed by atoms with Crippen LogP contribution in [0.3, 0.4) is 0 Å². The van der Waals surface area contributed by atoms with Gasteiger partial charge < -0.3 is 5.73 Å². The Labute approximate surface area is 90.7 Å². The van der Waals surface area contributed by atoms with Crippen molar-refractivity contribution in [3.8, 4) is 0 Å². The van der Waals surface area contributed by atoms with E-state index in [0.29, 0.717) is 6.04 Å². The molecule has 2 nitrogen and oxygen atoms in total. The summed E-state index contributed by atoms with van der Waals surface area (Å²) in [5, 5.41) is 2.14. The topological polar surface area (TPSA) is 29.3 Å². The lowest BCUT2D eigenvalue weighted by molar-refractivity contribution is 0.207. The highest BCUT2D eigenvalue weighted by Gasteiger charge is 2.15. The van der Waals surface area contributed by atoms with Crippen LogP contribution in [0.4, 0.5) is 0 Å². The summed E-state index contributed by atoms with van der Waals surface area (Å²) < 4.78 is 0. The van der Waals surface area contributed by atoms with Crippen LogP contribution in [0.15, 0.2) is 17.5 Å². The molecule has 0 radical (unpaired) electrons. The molecule has 0 spiro atoms. The second kappa shape index (κ2) is 5.49. The summed E-state index contributed by atoms with van der Waals surface area (Å²) in [7, 11) is 0. The molecule has 2 N–H and O–H groups in total. The zero-order valence-corrected chi connectivity index (χ0v) is 8.59. The molecule has 0 saturated carbocycles. The number of nitrogens with zero attached hydrogens (tertiary/aromatic N) is 1. The van der Waals surface area contributed by atoms with Crippen LogP contribution in [0.5, 0.6) is 0 Å². The van der Waals surface area contributed by atoms with Crippen LogP contribution in [0.2, 0.25) is 0 Å². The lowest BCUT2D eigenvalue weighted by Crippen LogP contribution is -2.39. The van der Waals surface area contributed by atoms with Crippen molar-refractivity contribution >= 4 is 11.3 Å². The molecule has 0 aromatic carbocycles. The Balaban J connectivity index is 0.000000980. The van der Waals surface area contributed by atoms with Crippen molar-refractivity contribution in [2.45, 2.75) is 32.9 Å². The maximum atomic E-state index is 5.85. The van der Waals surface area contributed by atoms with Crippen LogP contribution in [0.25, 0.3) is 0 Å². The number of likely N-dealkylation sites (tertiary alicyclic amines) is 1.